The van der Waals surface area contributed by atoms with Gasteiger partial charge in [0.25, 0.3) is 0 Å². The Balaban J connectivity index is 2.53. The molecule has 2 rings (SSSR count). The summed E-state index contributed by atoms with van der Waals surface area (Å²) in [5.41, 5.74) is 0.826. The minimum atomic E-state index is 0.675. The van der Waals surface area contributed by atoms with Crippen LogP contribution in [0, 0.1) is 0 Å². The van der Waals surface area contributed by atoms with Crippen LogP contribution in [-0.4, -0.2) is 4.98 Å². The molecular formula is C9H5Cl2NS. The van der Waals surface area contributed by atoms with E-state index in [-0.39, 0.29) is 0 Å². The van der Waals surface area contributed by atoms with Crippen molar-refractivity contribution < 1.29 is 0 Å². The van der Waals surface area contributed by atoms with Crippen LogP contribution in [0.2, 0.25) is 10.0 Å². The molecule has 66 valence electrons. The third-order valence-corrected chi connectivity index (χ3v) is 3.17. The minimum Gasteiger partial charge on any atom is -0.255 e. The molecule has 0 fully saturated rings. The van der Waals surface area contributed by atoms with Gasteiger partial charge in [-0.25, -0.2) is 0 Å². The predicted molar refractivity (Wildman–Crippen MR) is 57.6 cm³/mol. The van der Waals surface area contributed by atoms with Gasteiger partial charge < -0.3 is 0 Å². The number of rotatable bonds is 1. The zero-order chi connectivity index (χ0) is 9.26. The fourth-order valence-corrected chi connectivity index (χ4v) is 2.29. The summed E-state index contributed by atoms with van der Waals surface area (Å²) in [5.74, 6) is 0. The molecule has 0 bridgehead atoms. The van der Waals surface area contributed by atoms with Crippen LogP contribution in [0.15, 0.2) is 29.8 Å². The summed E-state index contributed by atoms with van der Waals surface area (Å²) in [5, 5.41) is 3.33. The largest absolute Gasteiger partial charge is 0.255 e. The zero-order valence-corrected chi connectivity index (χ0v) is 8.83. The fraction of sp³-hybridized carbons (Fsp3) is 0. The molecule has 1 nitrogen and oxygen atoms in total. The van der Waals surface area contributed by atoms with Crippen molar-refractivity contribution in [2.45, 2.75) is 0 Å². The van der Waals surface area contributed by atoms with Crippen molar-refractivity contribution in [3.8, 4) is 10.6 Å². The van der Waals surface area contributed by atoms with Crippen molar-refractivity contribution in [1.82, 2.24) is 4.98 Å². The van der Waals surface area contributed by atoms with E-state index < -0.39 is 0 Å². The molecule has 0 aliphatic carbocycles. The Bertz CT molecular complexity index is 425. The van der Waals surface area contributed by atoms with E-state index in [1.165, 1.54) is 0 Å². The van der Waals surface area contributed by atoms with Crippen molar-refractivity contribution >= 4 is 34.5 Å². The van der Waals surface area contributed by atoms with Gasteiger partial charge in [-0.2, -0.15) is 0 Å². The smallest absolute Gasteiger partial charge is 0.0831 e. The van der Waals surface area contributed by atoms with E-state index >= 15 is 0 Å². The Labute approximate surface area is 90.0 Å². The molecule has 0 radical (unpaired) electrons. The summed E-state index contributed by atoms with van der Waals surface area (Å²) in [7, 11) is 0. The molecule has 0 spiro atoms. The lowest BCUT2D eigenvalue weighted by Crippen LogP contribution is -1.78. The lowest BCUT2D eigenvalue weighted by molar-refractivity contribution is 1.34. The summed E-state index contributed by atoms with van der Waals surface area (Å²) < 4.78 is 0. The van der Waals surface area contributed by atoms with Crippen LogP contribution in [0.1, 0.15) is 0 Å². The molecule has 0 aromatic carbocycles. The first kappa shape index (κ1) is 9.00. The molecule has 2 aromatic heterocycles. The quantitative estimate of drug-likeness (QED) is 0.718. The third-order valence-electron chi connectivity index (χ3n) is 1.57. The highest BCUT2D eigenvalue weighted by Gasteiger charge is 2.05. The van der Waals surface area contributed by atoms with Gasteiger partial charge in [0, 0.05) is 11.2 Å². The minimum absolute atomic E-state index is 0.675. The number of thiophene rings is 1. The lowest BCUT2D eigenvalue weighted by atomic mass is 10.3. The van der Waals surface area contributed by atoms with Crippen molar-refractivity contribution in [2.75, 3.05) is 0 Å². The number of pyridine rings is 1. The Morgan fingerprint density at radius 3 is 2.69 bits per heavy atom. The Kier molecular flexibility index (Phi) is 2.54. The molecule has 0 aliphatic heterocycles. The van der Waals surface area contributed by atoms with Crippen LogP contribution >= 0.6 is 34.5 Å². The summed E-state index contributed by atoms with van der Waals surface area (Å²) in [4.78, 5) is 5.15. The molecule has 4 heteroatoms. The summed E-state index contributed by atoms with van der Waals surface area (Å²) in [6.45, 7) is 0. The van der Waals surface area contributed by atoms with E-state index in [0.29, 0.717) is 5.02 Å². The van der Waals surface area contributed by atoms with Crippen molar-refractivity contribution in [1.29, 1.82) is 0 Å². The topological polar surface area (TPSA) is 12.9 Å². The van der Waals surface area contributed by atoms with Gasteiger partial charge in [0.05, 0.1) is 15.6 Å². The molecule has 13 heavy (non-hydrogen) atoms. The molecular weight excluding hydrogens is 225 g/mol. The molecule has 0 unspecified atom stereocenters. The molecule has 0 saturated carbocycles. The molecule has 0 amide bonds. The van der Waals surface area contributed by atoms with Crippen molar-refractivity contribution in [3.05, 3.63) is 39.8 Å². The number of halogens is 2. The highest BCUT2D eigenvalue weighted by molar-refractivity contribution is 7.14. The second kappa shape index (κ2) is 3.66. The van der Waals surface area contributed by atoms with Gasteiger partial charge in [-0.1, -0.05) is 23.2 Å². The van der Waals surface area contributed by atoms with Crippen LogP contribution in [0.3, 0.4) is 0 Å². The van der Waals surface area contributed by atoms with Crippen LogP contribution in [0.5, 0.6) is 0 Å². The maximum absolute atomic E-state index is 5.95. The Morgan fingerprint density at radius 1 is 1.23 bits per heavy atom. The van der Waals surface area contributed by atoms with E-state index in [2.05, 4.69) is 4.98 Å². The van der Waals surface area contributed by atoms with Crippen LogP contribution in [0.25, 0.3) is 10.6 Å². The fourth-order valence-electron chi connectivity index (χ4n) is 1.01. The first-order valence-corrected chi connectivity index (χ1v) is 5.26. The number of hydrogen-bond acceptors (Lipinski definition) is 2. The zero-order valence-electron chi connectivity index (χ0n) is 6.50. The molecule has 2 heterocycles. The first-order chi connectivity index (χ1) is 6.27. The lowest BCUT2D eigenvalue weighted by Gasteiger charge is -1.97. The van der Waals surface area contributed by atoms with Crippen molar-refractivity contribution in [3.63, 3.8) is 0 Å². The Hall–Kier alpha value is -0.570. The Morgan fingerprint density at radius 2 is 2.08 bits per heavy atom. The standard InChI is InChI=1S/C9H5Cl2NS/c10-6-1-3-12-8(5-6)9-7(11)2-4-13-9/h1-5H. The number of aromatic nitrogens is 1. The monoisotopic (exact) mass is 229 g/mol. The van der Waals surface area contributed by atoms with E-state index in [9.17, 15) is 0 Å². The normalized spacial score (nSPS) is 10.3. The van der Waals surface area contributed by atoms with Gasteiger partial charge in [-0.3, -0.25) is 4.98 Å². The second-order valence-electron chi connectivity index (χ2n) is 2.46. The van der Waals surface area contributed by atoms with Gasteiger partial charge >= 0.3 is 0 Å². The van der Waals surface area contributed by atoms with Crippen molar-refractivity contribution in [2.24, 2.45) is 0 Å². The van der Waals surface area contributed by atoms with E-state index in [1.54, 1.807) is 29.7 Å². The van der Waals surface area contributed by atoms with Gasteiger partial charge in [-0.15, -0.1) is 11.3 Å². The SMILES string of the molecule is Clc1ccnc(-c2sccc2Cl)c1. The molecule has 2 aromatic rings. The average molecular weight is 230 g/mol. The second-order valence-corrected chi connectivity index (χ2v) is 4.22. The first-order valence-electron chi connectivity index (χ1n) is 3.62. The number of hydrogen-bond donors (Lipinski definition) is 0. The molecule has 0 aliphatic rings. The summed E-state index contributed by atoms with van der Waals surface area (Å²) in [6, 6.07) is 5.40. The highest BCUT2D eigenvalue weighted by atomic mass is 35.5. The third kappa shape index (κ3) is 1.85. The van der Waals surface area contributed by atoms with Crippen LogP contribution in [-0.2, 0) is 0 Å². The molecule has 0 atom stereocenters. The predicted octanol–water partition coefficient (Wildman–Crippen LogP) is 4.12. The van der Waals surface area contributed by atoms with Gasteiger partial charge in [-0.05, 0) is 23.6 Å². The van der Waals surface area contributed by atoms with Crippen LogP contribution in [0.4, 0.5) is 0 Å². The summed E-state index contributed by atoms with van der Waals surface area (Å²) in [6.07, 6.45) is 1.67. The average Bonchev–Trinajstić information content (AvgIpc) is 2.51. The highest BCUT2D eigenvalue weighted by Crippen LogP contribution is 2.32. The number of nitrogens with zero attached hydrogens (tertiary/aromatic N) is 1. The van der Waals surface area contributed by atoms with Crippen LogP contribution < -0.4 is 0 Å². The maximum Gasteiger partial charge on any atom is 0.0831 e. The van der Waals surface area contributed by atoms with Gasteiger partial charge in [0.2, 0.25) is 0 Å². The van der Waals surface area contributed by atoms with Gasteiger partial charge in [0.15, 0.2) is 0 Å². The van der Waals surface area contributed by atoms with Gasteiger partial charge in [0.1, 0.15) is 0 Å². The molecule has 0 N–H and O–H groups in total. The summed E-state index contributed by atoms with van der Waals surface area (Å²) >= 11 is 13.3. The van der Waals surface area contributed by atoms with E-state index in [4.69, 9.17) is 23.2 Å². The maximum atomic E-state index is 5.95. The molecule has 0 saturated heterocycles. The van der Waals surface area contributed by atoms with E-state index in [1.807, 2.05) is 11.4 Å². The van der Waals surface area contributed by atoms with E-state index in [0.717, 1.165) is 15.6 Å².